The Kier molecular flexibility index (Phi) is 4.10. The van der Waals surface area contributed by atoms with Crippen LogP contribution in [0.5, 0.6) is 0 Å². The van der Waals surface area contributed by atoms with Crippen LogP contribution in [0.1, 0.15) is 25.8 Å². The molecule has 0 aliphatic carbocycles. The lowest BCUT2D eigenvalue weighted by Gasteiger charge is -2.22. The largest absolute Gasteiger partial charge is 0.324 e. The fourth-order valence-electron chi connectivity index (χ4n) is 1.17. The molecule has 88 valence electrons. The number of halogens is 1. The molecule has 3 N–H and O–H groups in total. The second-order valence-corrected chi connectivity index (χ2v) is 4.99. The molecular formula is C12H17BrN2O. The smallest absolute Gasteiger partial charge is 0.244 e. The summed E-state index contributed by atoms with van der Waals surface area (Å²) in [7, 11) is 0. The van der Waals surface area contributed by atoms with Crippen LogP contribution >= 0.6 is 15.9 Å². The summed E-state index contributed by atoms with van der Waals surface area (Å²) in [6, 6.07) is 5.68. The van der Waals surface area contributed by atoms with E-state index >= 15 is 0 Å². The summed E-state index contributed by atoms with van der Waals surface area (Å²) in [4.78, 5) is 11.9. The third-order valence-electron chi connectivity index (χ3n) is 2.77. The van der Waals surface area contributed by atoms with E-state index in [-0.39, 0.29) is 5.91 Å². The Morgan fingerprint density at radius 2 is 2.19 bits per heavy atom. The van der Waals surface area contributed by atoms with Gasteiger partial charge in [0.2, 0.25) is 5.91 Å². The molecule has 0 bridgehead atoms. The topological polar surface area (TPSA) is 55.1 Å². The highest BCUT2D eigenvalue weighted by atomic mass is 79.9. The van der Waals surface area contributed by atoms with Crippen molar-refractivity contribution in [2.24, 2.45) is 5.73 Å². The summed E-state index contributed by atoms with van der Waals surface area (Å²) < 4.78 is 0.973. The fraction of sp³-hybridized carbons (Fsp3) is 0.417. The van der Waals surface area contributed by atoms with Gasteiger partial charge >= 0.3 is 0 Å². The van der Waals surface area contributed by atoms with Crippen LogP contribution in [-0.2, 0) is 4.79 Å². The van der Waals surface area contributed by atoms with Crippen molar-refractivity contribution < 1.29 is 4.79 Å². The molecule has 0 aliphatic rings. The van der Waals surface area contributed by atoms with Crippen molar-refractivity contribution in [1.82, 2.24) is 0 Å². The van der Waals surface area contributed by atoms with Crippen LogP contribution < -0.4 is 11.1 Å². The highest BCUT2D eigenvalue weighted by Gasteiger charge is 2.26. The van der Waals surface area contributed by atoms with Crippen molar-refractivity contribution in [3.8, 4) is 0 Å². The van der Waals surface area contributed by atoms with Gasteiger partial charge in [0, 0.05) is 10.2 Å². The first-order valence-corrected chi connectivity index (χ1v) is 6.03. The minimum Gasteiger partial charge on any atom is -0.324 e. The molecule has 0 heterocycles. The Balaban J connectivity index is 2.90. The highest BCUT2D eigenvalue weighted by Crippen LogP contribution is 2.24. The number of nitrogens with two attached hydrogens (primary N) is 1. The maximum Gasteiger partial charge on any atom is 0.244 e. The SMILES string of the molecule is CCC(C)(N)C(=O)Nc1cccc(Br)c1C. The van der Waals surface area contributed by atoms with Gasteiger partial charge in [0.25, 0.3) is 0 Å². The molecule has 16 heavy (non-hydrogen) atoms. The first-order chi connectivity index (χ1) is 7.38. The van der Waals surface area contributed by atoms with Crippen LogP contribution in [0.15, 0.2) is 22.7 Å². The van der Waals surface area contributed by atoms with Gasteiger partial charge in [0.15, 0.2) is 0 Å². The van der Waals surface area contributed by atoms with Gasteiger partial charge in [-0.05, 0) is 38.0 Å². The van der Waals surface area contributed by atoms with Crippen molar-refractivity contribution in [3.63, 3.8) is 0 Å². The molecule has 3 nitrogen and oxygen atoms in total. The number of rotatable bonds is 3. The van der Waals surface area contributed by atoms with Crippen molar-refractivity contribution >= 4 is 27.5 Å². The van der Waals surface area contributed by atoms with Gasteiger partial charge in [0.1, 0.15) is 0 Å². The number of benzene rings is 1. The highest BCUT2D eigenvalue weighted by molar-refractivity contribution is 9.10. The van der Waals surface area contributed by atoms with Gasteiger partial charge in [-0.2, -0.15) is 0 Å². The molecule has 0 aliphatic heterocycles. The van der Waals surface area contributed by atoms with E-state index in [0.717, 1.165) is 15.7 Å². The minimum atomic E-state index is -0.825. The average molecular weight is 285 g/mol. The van der Waals surface area contributed by atoms with E-state index in [9.17, 15) is 4.79 Å². The summed E-state index contributed by atoms with van der Waals surface area (Å²) in [6.45, 7) is 5.57. The molecular weight excluding hydrogens is 268 g/mol. The second kappa shape index (κ2) is 4.97. The van der Waals surface area contributed by atoms with Crippen LogP contribution in [0, 0.1) is 6.92 Å². The van der Waals surface area contributed by atoms with Gasteiger partial charge in [-0.15, -0.1) is 0 Å². The van der Waals surface area contributed by atoms with Crippen LogP contribution in [0.3, 0.4) is 0 Å². The van der Waals surface area contributed by atoms with Crippen molar-refractivity contribution in [2.45, 2.75) is 32.7 Å². The number of hydrogen-bond donors (Lipinski definition) is 2. The molecule has 4 heteroatoms. The van der Waals surface area contributed by atoms with Crippen molar-refractivity contribution in [2.75, 3.05) is 5.32 Å². The summed E-state index contributed by atoms with van der Waals surface area (Å²) in [5.74, 6) is -0.156. The molecule has 0 aromatic heterocycles. The standard InChI is InChI=1S/C12H17BrN2O/c1-4-12(3,14)11(16)15-10-7-5-6-9(13)8(10)2/h5-7H,4,14H2,1-3H3,(H,15,16). The minimum absolute atomic E-state index is 0.156. The number of amides is 1. The lowest BCUT2D eigenvalue weighted by atomic mass is 9.99. The molecule has 1 aromatic carbocycles. The predicted molar refractivity (Wildman–Crippen MR) is 70.4 cm³/mol. The summed E-state index contributed by atoms with van der Waals surface area (Å²) in [5, 5.41) is 2.85. The zero-order valence-electron chi connectivity index (χ0n) is 9.80. The fourth-order valence-corrected chi connectivity index (χ4v) is 1.53. The normalized spacial score (nSPS) is 14.3. The molecule has 1 atom stereocenters. The monoisotopic (exact) mass is 284 g/mol. The van der Waals surface area contributed by atoms with Crippen LogP contribution in [0.2, 0.25) is 0 Å². The Bertz CT molecular complexity index is 402. The predicted octanol–water partition coefficient (Wildman–Crippen LogP) is 2.82. The maximum atomic E-state index is 11.9. The number of carbonyl (C=O) groups is 1. The van der Waals surface area contributed by atoms with Gasteiger partial charge in [-0.25, -0.2) is 0 Å². The van der Waals surface area contributed by atoms with E-state index in [2.05, 4.69) is 21.2 Å². The van der Waals surface area contributed by atoms with E-state index in [1.165, 1.54) is 0 Å². The Labute approximate surface area is 105 Å². The summed E-state index contributed by atoms with van der Waals surface area (Å²) in [6.07, 6.45) is 0.603. The number of anilines is 1. The maximum absolute atomic E-state index is 11.9. The Morgan fingerprint density at radius 3 is 2.75 bits per heavy atom. The third kappa shape index (κ3) is 2.83. The molecule has 0 fully saturated rings. The van der Waals surface area contributed by atoms with Gasteiger partial charge in [0.05, 0.1) is 5.54 Å². The molecule has 0 saturated heterocycles. The Hall–Kier alpha value is -0.870. The van der Waals surface area contributed by atoms with Crippen LogP contribution in [-0.4, -0.2) is 11.4 Å². The van der Waals surface area contributed by atoms with Crippen molar-refractivity contribution in [3.05, 3.63) is 28.2 Å². The van der Waals surface area contributed by atoms with E-state index in [0.29, 0.717) is 6.42 Å². The summed E-state index contributed by atoms with van der Waals surface area (Å²) in [5.41, 5.74) is 6.85. The number of nitrogens with one attached hydrogen (secondary N) is 1. The van der Waals surface area contributed by atoms with Crippen LogP contribution in [0.4, 0.5) is 5.69 Å². The lowest BCUT2D eigenvalue weighted by Crippen LogP contribution is -2.47. The van der Waals surface area contributed by atoms with Gasteiger partial charge in [-0.3, -0.25) is 4.79 Å². The molecule has 0 spiro atoms. The molecule has 1 unspecified atom stereocenters. The number of carbonyl (C=O) groups excluding carboxylic acids is 1. The third-order valence-corrected chi connectivity index (χ3v) is 3.63. The van der Waals surface area contributed by atoms with E-state index in [4.69, 9.17) is 5.73 Å². The molecule has 1 rings (SSSR count). The number of hydrogen-bond acceptors (Lipinski definition) is 2. The lowest BCUT2D eigenvalue weighted by molar-refractivity contribution is -0.120. The Morgan fingerprint density at radius 1 is 1.56 bits per heavy atom. The second-order valence-electron chi connectivity index (χ2n) is 4.14. The molecule has 1 aromatic rings. The zero-order valence-corrected chi connectivity index (χ0v) is 11.4. The van der Waals surface area contributed by atoms with E-state index in [1.54, 1.807) is 6.92 Å². The van der Waals surface area contributed by atoms with E-state index in [1.807, 2.05) is 32.0 Å². The van der Waals surface area contributed by atoms with Crippen molar-refractivity contribution in [1.29, 1.82) is 0 Å². The first kappa shape index (κ1) is 13.2. The summed E-state index contributed by atoms with van der Waals surface area (Å²) >= 11 is 3.42. The van der Waals surface area contributed by atoms with E-state index < -0.39 is 5.54 Å². The zero-order chi connectivity index (χ0) is 12.3. The molecule has 1 amide bonds. The quantitative estimate of drug-likeness (QED) is 0.897. The molecule has 0 radical (unpaired) electrons. The average Bonchev–Trinajstić information content (AvgIpc) is 2.24. The van der Waals surface area contributed by atoms with Gasteiger partial charge < -0.3 is 11.1 Å². The van der Waals surface area contributed by atoms with Gasteiger partial charge in [-0.1, -0.05) is 28.9 Å². The first-order valence-electron chi connectivity index (χ1n) is 5.24. The van der Waals surface area contributed by atoms with Crippen LogP contribution in [0.25, 0.3) is 0 Å². The molecule has 0 saturated carbocycles.